The normalized spacial score (nSPS) is 10.6. The maximum Gasteiger partial charge on any atom is 0.119 e. The van der Waals surface area contributed by atoms with Crippen molar-refractivity contribution < 1.29 is 4.74 Å². The number of benzene rings is 2. The highest BCUT2D eigenvalue weighted by Gasteiger charge is 1.98. The molecule has 0 N–H and O–H groups in total. The van der Waals surface area contributed by atoms with Crippen LogP contribution in [0.5, 0.6) is 5.75 Å². The summed E-state index contributed by atoms with van der Waals surface area (Å²) in [5.74, 6) is 0.991. The molecule has 0 aliphatic heterocycles. The molecule has 2 rings (SSSR count). The molecule has 0 saturated heterocycles. The van der Waals surface area contributed by atoms with Crippen molar-refractivity contribution in [2.75, 3.05) is 6.61 Å². The van der Waals surface area contributed by atoms with E-state index in [0.717, 1.165) is 31.6 Å². The van der Waals surface area contributed by atoms with Gasteiger partial charge in [-0.15, -0.1) is 0 Å². The van der Waals surface area contributed by atoms with Crippen LogP contribution in [0.1, 0.15) is 42.9 Å². The lowest BCUT2D eigenvalue weighted by Crippen LogP contribution is -1.97. The number of hydrogen-bond acceptors (Lipinski definition) is 1. The van der Waals surface area contributed by atoms with Crippen LogP contribution in [0.25, 0.3) is 0 Å². The first-order chi connectivity index (χ1) is 10.3. The molecule has 2 aromatic carbocycles. The van der Waals surface area contributed by atoms with E-state index < -0.39 is 0 Å². The third-order valence-electron chi connectivity index (χ3n) is 3.76. The fraction of sp³-hybridized carbons (Fsp3) is 0.400. The van der Waals surface area contributed by atoms with E-state index in [4.69, 9.17) is 4.74 Å². The zero-order valence-corrected chi connectivity index (χ0v) is 13.3. The Morgan fingerprint density at radius 3 is 1.90 bits per heavy atom. The number of hydrogen-bond donors (Lipinski definition) is 0. The Balaban J connectivity index is 1.78. The standard InChI is InChI=1S/C20H26O/c1-3-4-5-16-21-20-14-12-19(13-15-20)11-10-18-8-6-17(2)7-9-18/h6-9,12-15H,3-5,10-11,16H2,1-2H3. The molecule has 0 saturated carbocycles. The maximum atomic E-state index is 5.74. The average molecular weight is 282 g/mol. The van der Waals surface area contributed by atoms with Crippen LogP contribution in [-0.4, -0.2) is 6.61 Å². The first kappa shape index (κ1) is 15.6. The van der Waals surface area contributed by atoms with Crippen molar-refractivity contribution in [3.05, 3.63) is 65.2 Å². The van der Waals surface area contributed by atoms with Crippen LogP contribution in [0.2, 0.25) is 0 Å². The molecule has 21 heavy (non-hydrogen) atoms. The van der Waals surface area contributed by atoms with Crippen molar-refractivity contribution in [3.63, 3.8) is 0 Å². The molecule has 0 amide bonds. The van der Waals surface area contributed by atoms with Crippen molar-refractivity contribution in [1.82, 2.24) is 0 Å². The summed E-state index contributed by atoms with van der Waals surface area (Å²) < 4.78 is 5.74. The Labute approximate surface area is 129 Å². The molecular weight excluding hydrogens is 256 g/mol. The Morgan fingerprint density at radius 2 is 1.33 bits per heavy atom. The summed E-state index contributed by atoms with van der Waals surface area (Å²) in [6, 6.07) is 17.4. The molecule has 0 fully saturated rings. The van der Waals surface area contributed by atoms with E-state index >= 15 is 0 Å². The molecule has 0 aromatic heterocycles. The fourth-order valence-electron chi connectivity index (χ4n) is 2.34. The molecule has 2 aromatic rings. The van der Waals surface area contributed by atoms with Gasteiger partial charge in [0.15, 0.2) is 0 Å². The van der Waals surface area contributed by atoms with Crippen LogP contribution in [0.15, 0.2) is 48.5 Å². The van der Waals surface area contributed by atoms with Crippen LogP contribution in [0.4, 0.5) is 0 Å². The summed E-state index contributed by atoms with van der Waals surface area (Å²) in [5, 5.41) is 0. The zero-order valence-electron chi connectivity index (χ0n) is 13.3. The van der Waals surface area contributed by atoms with Crippen LogP contribution in [-0.2, 0) is 12.8 Å². The molecule has 0 atom stereocenters. The van der Waals surface area contributed by atoms with E-state index in [0.29, 0.717) is 0 Å². The molecule has 0 aliphatic rings. The summed E-state index contributed by atoms with van der Waals surface area (Å²) in [5.41, 5.74) is 4.10. The van der Waals surface area contributed by atoms with Gasteiger partial charge in [0.05, 0.1) is 6.61 Å². The Morgan fingerprint density at radius 1 is 0.762 bits per heavy atom. The highest BCUT2D eigenvalue weighted by Crippen LogP contribution is 2.15. The fourth-order valence-corrected chi connectivity index (χ4v) is 2.34. The lowest BCUT2D eigenvalue weighted by molar-refractivity contribution is 0.306. The van der Waals surface area contributed by atoms with Crippen LogP contribution < -0.4 is 4.74 Å². The first-order valence-corrected chi connectivity index (χ1v) is 8.05. The Kier molecular flexibility index (Phi) is 6.33. The van der Waals surface area contributed by atoms with Gasteiger partial charge in [0.1, 0.15) is 5.75 Å². The van der Waals surface area contributed by atoms with E-state index in [2.05, 4.69) is 62.4 Å². The number of ether oxygens (including phenoxy) is 1. The van der Waals surface area contributed by atoms with Gasteiger partial charge in [-0.1, -0.05) is 61.7 Å². The molecule has 0 heterocycles. The molecule has 1 nitrogen and oxygen atoms in total. The molecule has 1 heteroatoms. The third kappa shape index (κ3) is 5.63. The number of aryl methyl sites for hydroxylation is 3. The Hall–Kier alpha value is -1.76. The van der Waals surface area contributed by atoms with Gasteiger partial charge in [-0.05, 0) is 49.4 Å². The minimum absolute atomic E-state index is 0.830. The van der Waals surface area contributed by atoms with E-state index in [1.54, 1.807) is 0 Å². The minimum Gasteiger partial charge on any atom is -0.494 e. The number of unbranched alkanes of at least 4 members (excludes halogenated alkanes) is 2. The monoisotopic (exact) mass is 282 g/mol. The molecular formula is C20H26O. The van der Waals surface area contributed by atoms with Crippen LogP contribution in [0.3, 0.4) is 0 Å². The van der Waals surface area contributed by atoms with Crippen molar-refractivity contribution in [1.29, 1.82) is 0 Å². The van der Waals surface area contributed by atoms with E-state index in [1.165, 1.54) is 29.5 Å². The van der Waals surface area contributed by atoms with Gasteiger partial charge in [0.25, 0.3) is 0 Å². The lowest BCUT2D eigenvalue weighted by Gasteiger charge is -2.07. The molecule has 0 aliphatic carbocycles. The third-order valence-corrected chi connectivity index (χ3v) is 3.76. The largest absolute Gasteiger partial charge is 0.494 e. The van der Waals surface area contributed by atoms with Gasteiger partial charge in [-0.25, -0.2) is 0 Å². The average Bonchev–Trinajstić information content (AvgIpc) is 2.52. The summed E-state index contributed by atoms with van der Waals surface area (Å²) >= 11 is 0. The topological polar surface area (TPSA) is 9.23 Å². The minimum atomic E-state index is 0.830. The van der Waals surface area contributed by atoms with Crippen molar-refractivity contribution in [3.8, 4) is 5.75 Å². The summed E-state index contributed by atoms with van der Waals surface area (Å²) in [6.45, 7) is 5.17. The Bertz CT molecular complexity index is 511. The van der Waals surface area contributed by atoms with E-state index in [1.807, 2.05) is 0 Å². The van der Waals surface area contributed by atoms with Gasteiger partial charge < -0.3 is 4.74 Å². The highest BCUT2D eigenvalue weighted by atomic mass is 16.5. The van der Waals surface area contributed by atoms with Gasteiger partial charge in [0, 0.05) is 0 Å². The summed E-state index contributed by atoms with van der Waals surface area (Å²) in [7, 11) is 0. The highest BCUT2D eigenvalue weighted by molar-refractivity contribution is 5.28. The maximum absolute atomic E-state index is 5.74. The van der Waals surface area contributed by atoms with Crippen molar-refractivity contribution >= 4 is 0 Å². The van der Waals surface area contributed by atoms with Gasteiger partial charge >= 0.3 is 0 Å². The second-order valence-corrected chi connectivity index (χ2v) is 5.69. The van der Waals surface area contributed by atoms with Crippen LogP contribution in [0, 0.1) is 6.92 Å². The summed E-state index contributed by atoms with van der Waals surface area (Å²) in [6.07, 6.45) is 5.80. The van der Waals surface area contributed by atoms with Crippen LogP contribution >= 0.6 is 0 Å². The summed E-state index contributed by atoms with van der Waals surface area (Å²) in [4.78, 5) is 0. The second kappa shape index (κ2) is 8.51. The molecule has 0 radical (unpaired) electrons. The van der Waals surface area contributed by atoms with E-state index in [9.17, 15) is 0 Å². The smallest absolute Gasteiger partial charge is 0.119 e. The van der Waals surface area contributed by atoms with Gasteiger partial charge in [-0.3, -0.25) is 0 Å². The van der Waals surface area contributed by atoms with Crippen molar-refractivity contribution in [2.45, 2.75) is 46.0 Å². The zero-order chi connectivity index (χ0) is 14.9. The second-order valence-electron chi connectivity index (χ2n) is 5.69. The predicted molar refractivity (Wildman–Crippen MR) is 90.0 cm³/mol. The quantitative estimate of drug-likeness (QED) is 0.593. The molecule has 0 bridgehead atoms. The lowest BCUT2D eigenvalue weighted by atomic mass is 10.0. The van der Waals surface area contributed by atoms with Gasteiger partial charge in [0.2, 0.25) is 0 Å². The first-order valence-electron chi connectivity index (χ1n) is 8.05. The predicted octanol–water partition coefficient (Wildman–Crippen LogP) is 5.35. The molecule has 0 unspecified atom stereocenters. The number of rotatable bonds is 8. The molecule has 112 valence electrons. The SMILES string of the molecule is CCCCCOc1ccc(CCc2ccc(C)cc2)cc1. The molecule has 0 spiro atoms. The van der Waals surface area contributed by atoms with Crippen molar-refractivity contribution in [2.24, 2.45) is 0 Å². The van der Waals surface area contributed by atoms with Gasteiger partial charge in [-0.2, -0.15) is 0 Å². The van der Waals surface area contributed by atoms with E-state index in [-0.39, 0.29) is 0 Å².